The van der Waals surface area contributed by atoms with Crippen molar-refractivity contribution in [3.8, 4) is 5.75 Å². The van der Waals surface area contributed by atoms with E-state index < -0.39 is 5.97 Å². The Hall–Kier alpha value is -3.15. The minimum absolute atomic E-state index is 0.156. The Morgan fingerprint density at radius 1 is 1.23 bits per heavy atom. The molecule has 0 radical (unpaired) electrons. The second-order valence-corrected chi connectivity index (χ2v) is 5.81. The Balaban J connectivity index is 1.84. The number of hydrogen-bond acceptors (Lipinski definition) is 5. The van der Waals surface area contributed by atoms with E-state index in [2.05, 4.69) is 10.3 Å². The number of ether oxygens (including phenoxy) is 2. The summed E-state index contributed by atoms with van der Waals surface area (Å²) in [5.74, 6) is -0.0972. The number of hydrogen-bond donors (Lipinski definition) is 1. The van der Waals surface area contributed by atoms with Crippen LogP contribution < -0.4 is 10.1 Å². The van der Waals surface area contributed by atoms with Crippen molar-refractivity contribution in [1.82, 2.24) is 10.3 Å². The van der Waals surface area contributed by atoms with Gasteiger partial charge in [-0.15, -0.1) is 0 Å². The first-order chi connectivity index (χ1) is 12.5. The van der Waals surface area contributed by atoms with Crippen LogP contribution in [-0.4, -0.2) is 29.6 Å². The van der Waals surface area contributed by atoms with E-state index in [9.17, 15) is 9.59 Å². The monoisotopic (exact) mass is 354 g/mol. The molecule has 2 aromatic rings. The highest BCUT2D eigenvalue weighted by Crippen LogP contribution is 2.14. The third-order valence-corrected chi connectivity index (χ3v) is 3.20. The first-order valence-electron chi connectivity index (χ1n) is 8.30. The number of amides is 1. The molecule has 1 amide bonds. The highest BCUT2D eigenvalue weighted by molar-refractivity contribution is 5.91. The molecule has 1 heterocycles. The lowest BCUT2D eigenvalue weighted by Crippen LogP contribution is -2.20. The van der Waals surface area contributed by atoms with E-state index in [-0.39, 0.29) is 18.6 Å². The van der Waals surface area contributed by atoms with E-state index in [0.29, 0.717) is 12.3 Å². The average Bonchev–Trinajstić information content (AvgIpc) is 2.64. The number of carbonyl (C=O) groups is 2. The first-order valence-corrected chi connectivity index (χ1v) is 8.30. The number of pyridine rings is 1. The first kappa shape index (κ1) is 19.2. The van der Waals surface area contributed by atoms with Crippen LogP contribution in [0.1, 0.15) is 25.0 Å². The molecular weight excluding hydrogens is 332 g/mol. The topological polar surface area (TPSA) is 77.5 Å². The van der Waals surface area contributed by atoms with Gasteiger partial charge < -0.3 is 14.8 Å². The Morgan fingerprint density at radius 2 is 2.08 bits per heavy atom. The van der Waals surface area contributed by atoms with Crippen LogP contribution in [0.25, 0.3) is 6.08 Å². The van der Waals surface area contributed by atoms with Crippen molar-refractivity contribution in [3.05, 3.63) is 66.0 Å². The summed E-state index contributed by atoms with van der Waals surface area (Å²) in [5, 5.41) is 2.78. The fraction of sp³-hybridized carbons (Fsp3) is 0.250. The van der Waals surface area contributed by atoms with Gasteiger partial charge in [0.25, 0.3) is 0 Å². The Morgan fingerprint density at radius 3 is 2.81 bits per heavy atom. The van der Waals surface area contributed by atoms with Gasteiger partial charge in [-0.2, -0.15) is 0 Å². The number of carbonyl (C=O) groups excluding carboxylic acids is 2. The summed E-state index contributed by atoms with van der Waals surface area (Å²) in [6.45, 7) is 3.82. The summed E-state index contributed by atoms with van der Waals surface area (Å²) in [5.41, 5.74) is 1.72. The summed E-state index contributed by atoms with van der Waals surface area (Å²) in [6, 6.07) is 10.8. The molecule has 6 heteroatoms. The summed E-state index contributed by atoms with van der Waals surface area (Å²) in [6.07, 6.45) is 6.34. The molecule has 0 unspecified atom stereocenters. The van der Waals surface area contributed by atoms with E-state index in [1.165, 1.54) is 6.08 Å². The van der Waals surface area contributed by atoms with Crippen molar-refractivity contribution in [2.24, 2.45) is 0 Å². The van der Waals surface area contributed by atoms with Crippen molar-refractivity contribution in [1.29, 1.82) is 0 Å². The quantitative estimate of drug-likeness (QED) is 0.583. The molecule has 0 aliphatic carbocycles. The number of esters is 1. The molecule has 1 N–H and O–H groups in total. The van der Waals surface area contributed by atoms with Gasteiger partial charge in [0, 0.05) is 25.0 Å². The summed E-state index contributed by atoms with van der Waals surface area (Å²) in [7, 11) is 0. The van der Waals surface area contributed by atoms with Gasteiger partial charge in [-0.25, -0.2) is 4.79 Å². The number of nitrogens with one attached hydrogen (secondary N) is 1. The third-order valence-electron chi connectivity index (χ3n) is 3.20. The normalized spacial score (nSPS) is 10.7. The number of aromatic nitrogens is 1. The molecule has 1 aromatic carbocycles. The average molecular weight is 354 g/mol. The van der Waals surface area contributed by atoms with Gasteiger partial charge in [0.2, 0.25) is 5.91 Å². The molecule has 0 bridgehead atoms. The summed E-state index contributed by atoms with van der Waals surface area (Å²) < 4.78 is 10.4. The fourth-order valence-electron chi connectivity index (χ4n) is 2.07. The highest BCUT2D eigenvalue weighted by Gasteiger charge is 2.06. The van der Waals surface area contributed by atoms with Crippen molar-refractivity contribution in [2.75, 3.05) is 6.61 Å². The molecule has 0 saturated heterocycles. The van der Waals surface area contributed by atoms with Crippen LogP contribution in [0.4, 0.5) is 0 Å². The molecule has 26 heavy (non-hydrogen) atoms. The predicted octanol–water partition coefficient (Wildman–Crippen LogP) is 2.74. The Labute approximate surface area is 152 Å². The molecule has 6 nitrogen and oxygen atoms in total. The van der Waals surface area contributed by atoms with Crippen LogP contribution in [0.2, 0.25) is 0 Å². The van der Waals surface area contributed by atoms with Gasteiger partial charge in [0.15, 0.2) is 6.61 Å². The maximum absolute atomic E-state index is 11.9. The van der Waals surface area contributed by atoms with Crippen LogP contribution >= 0.6 is 0 Å². The van der Waals surface area contributed by atoms with Gasteiger partial charge in [-0.1, -0.05) is 18.2 Å². The molecule has 1 aromatic heterocycles. The van der Waals surface area contributed by atoms with E-state index in [1.807, 2.05) is 18.2 Å². The molecule has 0 saturated carbocycles. The van der Waals surface area contributed by atoms with Crippen molar-refractivity contribution in [3.63, 3.8) is 0 Å². The van der Waals surface area contributed by atoms with E-state index in [4.69, 9.17) is 9.47 Å². The van der Waals surface area contributed by atoms with Crippen LogP contribution in [0.5, 0.6) is 5.75 Å². The zero-order valence-corrected chi connectivity index (χ0v) is 14.8. The number of rotatable bonds is 8. The van der Waals surface area contributed by atoms with Crippen molar-refractivity contribution in [2.45, 2.75) is 26.5 Å². The van der Waals surface area contributed by atoms with E-state index in [1.54, 1.807) is 50.5 Å². The lowest BCUT2D eigenvalue weighted by atomic mass is 10.2. The minimum Gasteiger partial charge on any atom is -0.482 e. The molecule has 0 atom stereocenters. The van der Waals surface area contributed by atoms with E-state index in [0.717, 1.165) is 11.1 Å². The molecule has 136 valence electrons. The largest absolute Gasteiger partial charge is 0.482 e. The third kappa shape index (κ3) is 7.17. The maximum atomic E-state index is 11.9. The summed E-state index contributed by atoms with van der Waals surface area (Å²) in [4.78, 5) is 27.4. The van der Waals surface area contributed by atoms with Crippen LogP contribution in [-0.2, 0) is 20.9 Å². The van der Waals surface area contributed by atoms with Gasteiger partial charge >= 0.3 is 5.97 Å². The zero-order valence-electron chi connectivity index (χ0n) is 14.8. The van der Waals surface area contributed by atoms with Crippen LogP contribution in [0, 0.1) is 0 Å². The lowest BCUT2D eigenvalue weighted by molar-refractivity contribution is -0.149. The molecule has 0 spiro atoms. The van der Waals surface area contributed by atoms with Gasteiger partial charge in [-0.05, 0) is 49.2 Å². The predicted molar refractivity (Wildman–Crippen MR) is 98.3 cm³/mol. The smallest absolute Gasteiger partial charge is 0.344 e. The molecular formula is C20H22N2O4. The van der Waals surface area contributed by atoms with Crippen molar-refractivity contribution >= 4 is 18.0 Å². The molecule has 0 fully saturated rings. The number of nitrogens with zero attached hydrogens (tertiary/aromatic N) is 1. The minimum atomic E-state index is -0.421. The Bertz CT molecular complexity index is 757. The molecule has 0 aliphatic heterocycles. The van der Waals surface area contributed by atoms with Gasteiger partial charge in [-0.3, -0.25) is 9.78 Å². The lowest BCUT2D eigenvalue weighted by Gasteiger charge is -2.09. The standard InChI is InChI=1S/C20H22N2O4/c1-15(2)26-20(24)14-25-18-7-3-5-16(11-18)8-9-19(23)22-13-17-6-4-10-21-12-17/h3-12,15H,13-14H2,1-2H3,(H,22,23)/b9-8+. The van der Waals surface area contributed by atoms with Crippen LogP contribution in [0.3, 0.4) is 0 Å². The zero-order chi connectivity index (χ0) is 18.8. The highest BCUT2D eigenvalue weighted by atomic mass is 16.6. The summed E-state index contributed by atoms with van der Waals surface area (Å²) >= 11 is 0. The Kier molecular flexibility index (Phi) is 7.36. The SMILES string of the molecule is CC(C)OC(=O)COc1cccc(/C=C/C(=O)NCc2cccnc2)c1. The van der Waals surface area contributed by atoms with Gasteiger partial charge in [0.1, 0.15) is 5.75 Å². The molecule has 2 rings (SSSR count). The van der Waals surface area contributed by atoms with Gasteiger partial charge in [0.05, 0.1) is 6.10 Å². The van der Waals surface area contributed by atoms with E-state index >= 15 is 0 Å². The second-order valence-electron chi connectivity index (χ2n) is 5.81. The van der Waals surface area contributed by atoms with Crippen molar-refractivity contribution < 1.29 is 19.1 Å². The van der Waals surface area contributed by atoms with Crippen LogP contribution in [0.15, 0.2) is 54.9 Å². The maximum Gasteiger partial charge on any atom is 0.344 e. The number of benzene rings is 1. The second kappa shape index (κ2) is 9.98. The fourth-order valence-corrected chi connectivity index (χ4v) is 2.07. The molecule has 0 aliphatic rings.